The molecule has 0 bridgehead atoms. The van der Waals surface area contributed by atoms with Gasteiger partial charge in [0.25, 0.3) is 0 Å². The highest BCUT2D eigenvalue weighted by Crippen LogP contribution is 2.36. The summed E-state index contributed by atoms with van der Waals surface area (Å²) in [6, 6.07) is 8.80. The second-order valence-corrected chi connectivity index (χ2v) is 4.64. The summed E-state index contributed by atoms with van der Waals surface area (Å²) >= 11 is 0. The molecule has 5 nitrogen and oxygen atoms in total. The molecule has 2 aromatic carbocycles. The number of fused-ring (bicyclic) bond motifs is 1. The van der Waals surface area contributed by atoms with Crippen LogP contribution in [0.15, 0.2) is 42.6 Å². The number of nitrogens with two attached hydrogens (primary N) is 1. The number of aromatic nitrogens is 1. The van der Waals surface area contributed by atoms with Gasteiger partial charge in [0.05, 0.1) is 12.6 Å². The summed E-state index contributed by atoms with van der Waals surface area (Å²) in [5, 5.41) is 10.4. The van der Waals surface area contributed by atoms with E-state index in [-0.39, 0.29) is 11.5 Å². The van der Waals surface area contributed by atoms with Gasteiger partial charge in [-0.1, -0.05) is 0 Å². The summed E-state index contributed by atoms with van der Waals surface area (Å²) in [5.74, 6) is 0.0905. The number of halogens is 1. The highest BCUT2D eigenvalue weighted by Gasteiger charge is 2.12. The standard InChI is InChI=1S/C16H13FN2O3/c1-21-16-8-12-10(7-13(16)20)14(4-5-19-12)22-15-3-2-9(18)6-11(15)17/h2-8,20H,18H2,1H3. The molecule has 3 aromatic rings. The fourth-order valence-corrected chi connectivity index (χ4v) is 2.11. The summed E-state index contributed by atoms with van der Waals surface area (Å²) in [7, 11) is 1.45. The van der Waals surface area contributed by atoms with Gasteiger partial charge in [0.2, 0.25) is 0 Å². The van der Waals surface area contributed by atoms with E-state index < -0.39 is 5.82 Å². The maximum absolute atomic E-state index is 13.8. The predicted molar refractivity (Wildman–Crippen MR) is 80.8 cm³/mol. The average molecular weight is 300 g/mol. The second-order valence-electron chi connectivity index (χ2n) is 4.64. The van der Waals surface area contributed by atoms with Crippen molar-refractivity contribution in [3.05, 3.63) is 48.4 Å². The number of ether oxygens (including phenoxy) is 2. The molecular weight excluding hydrogens is 287 g/mol. The van der Waals surface area contributed by atoms with Crippen molar-refractivity contribution in [1.82, 2.24) is 4.98 Å². The van der Waals surface area contributed by atoms with E-state index in [4.69, 9.17) is 15.2 Å². The smallest absolute Gasteiger partial charge is 0.167 e. The van der Waals surface area contributed by atoms with E-state index in [1.54, 1.807) is 18.2 Å². The lowest BCUT2D eigenvalue weighted by Crippen LogP contribution is -1.93. The Balaban J connectivity index is 2.09. The number of hydrogen-bond donors (Lipinski definition) is 2. The number of rotatable bonds is 3. The normalized spacial score (nSPS) is 10.6. The van der Waals surface area contributed by atoms with E-state index >= 15 is 0 Å². The van der Waals surface area contributed by atoms with E-state index in [1.165, 1.54) is 31.5 Å². The number of nitrogens with zero attached hydrogens (tertiary/aromatic N) is 1. The van der Waals surface area contributed by atoms with Crippen LogP contribution in [0.5, 0.6) is 23.0 Å². The molecular formula is C16H13FN2O3. The Morgan fingerprint density at radius 1 is 1.09 bits per heavy atom. The third-order valence-electron chi connectivity index (χ3n) is 3.18. The zero-order valence-corrected chi connectivity index (χ0v) is 11.7. The van der Waals surface area contributed by atoms with E-state index in [1.807, 2.05) is 0 Å². The molecule has 0 unspecified atom stereocenters. The summed E-state index contributed by atoms with van der Waals surface area (Å²) < 4.78 is 24.5. The van der Waals surface area contributed by atoms with Crippen LogP contribution in [-0.2, 0) is 0 Å². The fourth-order valence-electron chi connectivity index (χ4n) is 2.11. The Labute approximate surface area is 125 Å². The number of phenols is 1. The van der Waals surface area contributed by atoms with Crippen LogP contribution in [0.2, 0.25) is 0 Å². The van der Waals surface area contributed by atoms with Crippen molar-refractivity contribution in [1.29, 1.82) is 0 Å². The zero-order valence-electron chi connectivity index (χ0n) is 11.7. The van der Waals surface area contributed by atoms with Crippen LogP contribution < -0.4 is 15.2 Å². The maximum atomic E-state index is 13.8. The topological polar surface area (TPSA) is 77.6 Å². The highest BCUT2D eigenvalue weighted by atomic mass is 19.1. The van der Waals surface area contributed by atoms with Crippen molar-refractivity contribution in [3.63, 3.8) is 0 Å². The summed E-state index contributed by atoms with van der Waals surface area (Å²) in [5.41, 5.74) is 6.38. The largest absolute Gasteiger partial charge is 0.504 e. The van der Waals surface area contributed by atoms with Gasteiger partial charge in [-0.05, 0) is 24.3 Å². The van der Waals surface area contributed by atoms with Gasteiger partial charge in [0.1, 0.15) is 5.75 Å². The molecule has 3 rings (SSSR count). The van der Waals surface area contributed by atoms with E-state index in [9.17, 15) is 9.50 Å². The van der Waals surface area contributed by atoms with Crippen LogP contribution in [0.3, 0.4) is 0 Å². The zero-order chi connectivity index (χ0) is 15.7. The molecule has 0 amide bonds. The van der Waals surface area contributed by atoms with Crippen molar-refractivity contribution in [3.8, 4) is 23.0 Å². The van der Waals surface area contributed by atoms with Crippen molar-refractivity contribution < 1.29 is 19.0 Å². The molecule has 3 N–H and O–H groups in total. The second kappa shape index (κ2) is 5.40. The Morgan fingerprint density at radius 2 is 1.91 bits per heavy atom. The molecule has 22 heavy (non-hydrogen) atoms. The molecule has 1 aromatic heterocycles. The number of methoxy groups -OCH3 is 1. The van der Waals surface area contributed by atoms with Crippen molar-refractivity contribution >= 4 is 16.6 Å². The Bertz CT molecular complexity index is 852. The first-order valence-electron chi connectivity index (χ1n) is 6.47. The number of phenolic OH excluding ortho intramolecular Hbond substituents is 1. The van der Waals surface area contributed by atoms with Gasteiger partial charge in [-0.2, -0.15) is 0 Å². The van der Waals surface area contributed by atoms with Gasteiger partial charge < -0.3 is 20.3 Å². The number of benzene rings is 2. The number of nitrogen functional groups attached to an aromatic ring is 1. The van der Waals surface area contributed by atoms with Gasteiger partial charge in [-0.15, -0.1) is 0 Å². The summed E-state index contributed by atoms with van der Waals surface area (Å²) in [6.07, 6.45) is 1.53. The fraction of sp³-hybridized carbons (Fsp3) is 0.0625. The quantitative estimate of drug-likeness (QED) is 0.724. The SMILES string of the molecule is COc1cc2nccc(Oc3ccc(N)cc3F)c2cc1O. The molecule has 0 radical (unpaired) electrons. The lowest BCUT2D eigenvalue weighted by molar-refractivity contribution is 0.374. The van der Waals surface area contributed by atoms with Crippen molar-refractivity contribution in [2.24, 2.45) is 0 Å². The van der Waals surface area contributed by atoms with Crippen LogP contribution in [0, 0.1) is 5.82 Å². The third-order valence-corrected chi connectivity index (χ3v) is 3.18. The van der Waals surface area contributed by atoms with Gasteiger partial charge in [-0.3, -0.25) is 4.98 Å². The molecule has 0 aliphatic heterocycles. The van der Waals surface area contributed by atoms with Crippen molar-refractivity contribution in [2.75, 3.05) is 12.8 Å². The number of pyridine rings is 1. The molecule has 0 saturated heterocycles. The molecule has 0 saturated carbocycles. The summed E-state index contributed by atoms with van der Waals surface area (Å²) in [4.78, 5) is 4.18. The van der Waals surface area contributed by atoms with Gasteiger partial charge in [0, 0.05) is 29.4 Å². The Morgan fingerprint density at radius 3 is 2.64 bits per heavy atom. The van der Waals surface area contributed by atoms with Crippen LogP contribution in [-0.4, -0.2) is 17.2 Å². The van der Waals surface area contributed by atoms with Crippen LogP contribution in [0.1, 0.15) is 0 Å². The summed E-state index contributed by atoms with van der Waals surface area (Å²) in [6.45, 7) is 0. The average Bonchev–Trinajstić information content (AvgIpc) is 2.50. The lowest BCUT2D eigenvalue weighted by atomic mass is 10.2. The van der Waals surface area contributed by atoms with Crippen LogP contribution in [0.4, 0.5) is 10.1 Å². The monoisotopic (exact) mass is 300 g/mol. The minimum Gasteiger partial charge on any atom is -0.504 e. The first-order chi connectivity index (χ1) is 10.6. The number of anilines is 1. The van der Waals surface area contributed by atoms with Gasteiger partial charge in [-0.25, -0.2) is 4.39 Å². The minimum atomic E-state index is -0.567. The molecule has 6 heteroatoms. The van der Waals surface area contributed by atoms with E-state index in [2.05, 4.69) is 4.98 Å². The molecule has 0 atom stereocenters. The Kier molecular flexibility index (Phi) is 3.42. The van der Waals surface area contributed by atoms with Crippen LogP contribution in [0.25, 0.3) is 10.9 Å². The number of aromatic hydroxyl groups is 1. The van der Waals surface area contributed by atoms with Gasteiger partial charge in [0.15, 0.2) is 23.1 Å². The molecule has 0 aliphatic rings. The van der Waals surface area contributed by atoms with Crippen molar-refractivity contribution in [2.45, 2.75) is 0 Å². The molecule has 112 valence electrons. The predicted octanol–water partition coefficient (Wildman–Crippen LogP) is 3.46. The molecule has 0 aliphatic carbocycles. The number of hydrogen-bond acceptors (Lipinski definition) is 5. The van der Waals surface area contributed by atoms with Crippen LogP contribution >= 0.6 is 0 Å². The molecule has 0 spiro atoms. The highest BCUT2D eigenvalue weighted by molar-refractivity contribution is 5.88. The van der Waals surface area contributed by atoms with Gasteiger partial charge >= 0.3 is 0 Å². The maximum Gasteiger partial charge on any atom is 0.167 e. The Hall–Kier alpha value is -3.02. The van der Waals surface area contributed by atoms with E-state index in [0.717, 1.165) is 0 Å². The third kappa shape index (κ3) is 2.46. The first-order valence-corrected chi connectivity index (χ1v) is 6.47. The molecule has 0 fully saturated rings. The minimum absolute atomic E-state index is 0.0389. The molecule has 1 heterocycles. The first kappa shape index (κ1) is 13.9. The van der Waals surface area contributed by atoms with E-state index in [0.29, 0.717) is 28.1 Å². The lowest BCUT2D eigenvalue weighted by Gasteiger charge is -2.11.